The summed E-state index contributed by atoms with van der Waals surface area (Å²) < 4.78 is 11.7. The molecule has 168 valence electrons. The largest absolute Gasteiger partial charge is 0.450 e. The molecule has 0 unspecified atom stereocenters. The summed E-state index contributed by atoms with van der Waals surface area (Å²) in [6, 6.07) is 13.2. The van der Waals surface area contributed by atoms with Crippen molar-refractivity contribution in [2.45, 2.75) is 59.1 Å². The molecule has 2 heterocycles. The Kier molecular flexibility index (Phi) is 6.20. The lowest BCUT2D eigenvalue weighted by Gasteiger charge is -2.25. The van der Waals surface area contributed by atoms with Gasteiger partial charge in [-0.05, 0) is 56.4 Å². The highest BCUT2D eigenvalue weighted by molar-refractivity contribution is 5.99. The molecule has 2 aromatic carbocycles. The topological polar surface area (TPSA) is 59.8 Å². The highest BCUT2D eigenvalue weighted by Crippen LogP contribution is 2.38. The van der Waals surface area contributed by atoms with Gasteiger partial charge in [0.25, 0.3) is 5.91 Å². The third-order valence-electron chi connectivity index (χ3n) is 6.03. The minimum atomic E-state index is -0.459. The van der Waals surface area contributed by atoms with Crippen molar-refractivity contribution < 1.29 is 13.9 Å². The van der Waals surface area contributed by atoms with E-state index in [1.54, 1.807) is 11.0 Å². The van der Waals surface area contributed by atoms with Crippen molar-refractivity contribution in [1.29, 1.82) is 0 Å². The quantitative estimate of drug-likeness (QED) is 0.456. The van der Waals surface area contributed by atoms with Crippen LogP contribution in [0.25, 0.3) is 11.0 Å². The second-order valence-corrected chi connectivity index (χ2v) is 9.17. The summed E-state index contributed by atoms with van der Waals surface area (Å²) in [5.41, 5.74) is 3.88. The molecule has 1 amide bonds. The molecule has 0 aliphatic carbocycles. The van der Waals surface area contributed by atoms with Crippen molar-refractivity contribution in [1.82, 2.24) is 4.90 Å². The van der Waals surface area contributed by atoms with E-state index in [1.807, 2.05) is 45.0 Å². The van der Waals surface area contributed by atoms with Crippen molar-refractivity contribution in [2.75, 3.05) is 13.2 Å². The van der Waals surface area contributed by atoms with Gasteiger partial charge in [0.15, 0.2) is 5.43 Å². The first-order chi connectivity index (χ1) is 15.3. The molecule has 1 aromatic heterocycles. The Morgan fingerprint density at radius 2 is 1.75 bits per heavy atom. The molecule has 0 saturated heterocycles. The summed E-state index contributed by atoms with van der Waals surface area (Å²) in [5, 5.41) is 0.519. The molecule has 5 heteroatoms. The highest BCUT2D eigenvalue weighted by Gasteiger charge is 2.42. The maximum Gasteiger partial charge on any atom is 0.290 e. The molecule has 1 aliphatic rings. The Labute approximate surface area is 189 Å². The van der Waals surface area contributed by atoms with Gasteiger partial charge in [-0.2, -0.15) is 0 Å². The Hall–Kier alpha value is -2.92. The lowest BCUT2D eigenvalue weighted by Crippen LogP contribution is -2.31. The predicted molar refractivity (Wildman–Crippen MR) is 126 cm³/mol. The Morgan fingerprint density at radius 3 is 2.41 bits per heavy atom. The molecule has 0 saturated carbocycles. The summed E-state index contributed by atoms with van der Waals surface area (Å²) in [4.78, 5) is 28.7. The molecular formula is C27H31NO4. The number of hydrogen-bond donors (Lipinski definition) is 0. The van der Waals surface area contributed by atoms with Crippen LogP contribution in [0.15, 0.2) is 51.7 Å². The highest BCUT2D eigenvalue weighted by atomic mass is 16.5. The zero-order valence-electron chi connectivity index (χ0n) is 19.5. The van der Waals surface area contributed by atoms with Crippen LogP contribution in [0.1, 0.15) is 78.9 Å². The summed E-state index contributed by atoms with van der Waals surface area (Å²) >= 11 is 0. The molecule has 0 bridgehead atoms. The summed E-state index contributed by atoms with van der Waals surface area (Å²) in [5.74, 6) is 0.332. The summed E-state index contributed by atoms with van der Waals surface area (Å²) in [7, 11) is 0. The monoisotopic (exact) mass is 433 g/mol. The molecule has 1 atom stereocenters. The Morgan fingerprint density at radius 1 is 1.03 bits per heavy atom. The number of aryl methyl sites for hydroxylation is 1. The SMILES string of the molecule is Cc1ccc2oc3c(c(=O)c2c1)[C@H](c1ccc(C(C)C)cc1)N(CCCOC(C)C)C3=O. The molecule has 1 aliphatic heterocycles. The lowest BCUT2D eigenvalue weighted by molar-refractivity contribution is 0.0593. The third kappa shape index (κ3) is 4.09. The summed E-state index contributed by atoms with van der Waals surface area (Å²) in [6.45, 7) is 11.3. The smallest absolute Gasteiger partial charge is 0.290 e. The number of carbonyl (C=O) groups is 1. The van der Waals surface area contributed by atoms with Gasteiger partial charge in [0.1, 0.15) is 5.58 Å². The fourth-order valence-corrected chi connectivity index (χ4v) is 4.33. The second kappa shape index (κ2) is 8.91. The van der Waals surface area contributed by atoms with Crippen molar-refractivity contribution >= 4 is 16.9 Å². The number of nitrogens with zero attached hydrogens (tertiary/aromatic N) is 1. The van der Waals surface area contributed by atoms with Gasteiger partial charge in [0.05, 0.1) is 23.1 Å². The fraction of sp³-hybridized carbons (Fsp3) is 0.407. The van der Waals surface area contributed by atoms with E-state index in [9.17, 15) is 9.59 Å². The van der Waals surface area contributed by atoms with E-state index in [0.29, 0.717) is 42.0 Å². The average molecular weight is 434 g/mol. The van der Waals surface area contributed by atoms with Crippen LogP contribution >= 0.6 is 0 Å². The molecule has 4 rings (SSSR count). The van der Waals surface area contributed by atoms with Gasteiger partial charge in [-0.1, -0.05) is 49.7 Å². The van der Waals surface area contributed by atoms with Crippen LogP contribution in [0.5, 0.6) is 0 Å². The second-order valence-electron chi connectivity index (χ2n) is 9.17. The summed E-state index contributed by atoms with van der Waals surface area (Å²) in [6.07, 6.45) is 0.823. The van der Waals surface area contributed by atoms with E-state index >= 15 is 0 Å². The number of hydrogen-bond acceptors (Lipinski definition) is 4. The molecule has 5 nitrogen and oxygen atoms in total. The first-order valence-corrected chi connectivity index (χ1v) is 11.4. The van der Waals surface area contributed by atoms with Crippen molar-refractivity contribution in [3.05, 3.63) is 80.7 Å². The minimum Gasteiger partial charge on any atom is -0.450 e. The van der Waals surface area contributed by atoms with Crippen LogP contribution < -0.4 is 5.43 Å². The van der Waals surface area contributed by atoms with Crippen LogP contribution in [-0.4, -0.2) is 30.1 Å². The first kappa shape index (κ1) is 22.3. The average Bonchev–Trinajstić information content (AvgIpc) is 3.04. The molecule has 0 fully saturated rings. The van der Waals surface area contributed by atoms with Gasteiger partial charge < -0.3 is 14.1 Å². The van der Waals surface area contributed by atoms with E-state index in [-0.39, 0.29) is 23.2 Å². The van der Waals surface area contributed by atoms with E-state index < -0.39 is 6.04 Å². The van der Waals surface area contributed by atoms with Crippen LogP contribution in [0.2, 0.25) is 0 Å². The number of benzene rings is 2. The van der Waals surface area contributed by atoms with Crippen molar-refractivity contribution in [3.63, 3.8) is 0 Å². The van der Waals surface area contributed by atoms with Crippen LogP contribution in [0, 0.1) is 6.92 Å². The van der Waals surface area contributed by atoms with E-state index in [1.165, 1.54) is 5.56 Å². The standard InChI is InChI=1S/C27H31NO4/c1-16(2)19-8-10-20(11-9-19)24-23-25(29)21-15-18(5)7-12-22(21)32-26(23)27(30)28(24)13-6-14-31-17(3)4/h7-12,15-17,24H,6,13-14H2,1-5H3/t24-/m0/s1. The molecular weight excluding hydrogens is 402 g/mol. The zero-order chi connectivity index (χ0) is 23.0. The normalized spacial score (nSPS) is 15.9. The number of carbonyl (C=O) groups excluding carboxylic acids is 1. The molecule has 0 spiro atoms. The Bertz CT molecular complexity index is 1190. The van der Waals surface area contributed by atoms with Gasteiger partial charge in [-0.25, -0.2) is 0 Å². The molecule has 0 N–H and O–H groups in total. The number of amides is 1. The van der Waals surface area contributed by atoms with Gasteiger partial charge in [0.2, 0.25) is 5.76 Å². The molecule has 32 heavy (non-hydrogen) atoms. The zero-order valence-corrected chi connectivity index (χ0v) is 19.5. The number of ether oxygens (including phenoxy) is 1. The predicted octanol–water partition coefficient (Wildman–Crippen LogP) is 5.59. The van der Waals surface area contributed by atoms with Gasteiger partial charge in [-0.15, -0.1) is 0 Å². The number of rotatable bonds is 7. The van der Waals surface area contributed by atoms with Crippen LogP contribution in [0.3, 0.4) is 0 Å². The molecule has 3 aromatic rings. The van der Waals surface area contributed by atoms with Crippen molar-refractivity contribution in [2.24, 2.45) is 0 Å². The van der Waals surface area contributed by atoms with Crippen LogP contribution in [0.4, 0.5) is 0 Å². The minimum absolute atomic E-state index is 0.128. The lowest BCUT2D eigenvalue weighted by atomic mass is 9.95. The van der Waals surface area contributed by atoms with Crippen LogP contribution in [-0.2, 0) is 4.74 Å². The van der Waals surface area contributed by atoms with Gasteiger partial charge in [-0.3, -0.25) is 9.59 Å². The van der Waals surface area contributed by atoms with Crippen molar-refractivity contribution in [3.8, 4) is 0 Å². The third-order valence-corrected chi connectivity index (χ3v) is 6.03. The van der Waals surface area contributed by atoms with E-state index in [2.05, 4.69) is 26.0 Å². The maximum absolute atomic E-state index is 13.6. The van der Waals surface area contributed by atoms with Gasteiger partial charge >= 0.3 is 0 Å². The maximum atomic E-state index is 13.6. The Balaban J connectivity index is 1.80. The number of fused-ring (bicyclic) bond motifs is 2. The fourth-order valence-electron chi connectivity index (χ4n) is 4.33. The first-order valence-electron chi connectivity index (χ1n) is 11.4. The van der Waals surface area contributed by atoms with E-state index in [4.69, 9.17) is 9.15 Å². The molecule has 0 radical (unpaired) electrons. The van der Waals surface area contributed by atoms with Gasteiger partial charge in [0, 0.05) is 13.2 Å². The van der Waals surface area contributed by atoms with E-state index in [0.717, 1.165) is 11.1 Å².